The first-order valence-electron chi connectivity index (χ1n) is 15.0. The number of aromatic nitrogens is 3. The van der Waals surface area contributed by atoms with Crippen molar-refractivity contribution in [2.75, 3.05) is 0 Å². The van der Waals surface area contributed by atoms with Gasteiger partial charge in [-0.15, -0.1) is 0 Å². The lowest BCUT2D eigenvalue weighted by atomic mass is 10.0. The van der Waals surface area contributed by atoms with Gasteiger partial charge in [0.25, 0.3) is 0 Å². The fourth-order valence-corrected chi connectivity index (χ4v) is 6.82. The molecule has 9 aromatic rings. The van der Waals surface area contributed by atoms with Gasteiger partial charge < -0.3 is 9.13 Å². The maximum absolute atomic E-state index is 4.76. The van der Waals surface area contributed by atoms with E-state index in [1.54, 1.807) is 0 Å². The van der Waals surface area contributed by atoms with Crippen LogP contribution in [-0.4, -0.2) is 14.1 Å². The van der Waals surface area contributed by atoms with Crippen molar-refractivity contribution in [3.8, 4) is 33.6 Å². The van der Waals surface area contributed by atoms with Gasteiger partial charge in [-0.2, -0.15) is 0 Å². The molecule has 0 spiro atoms. The van der Waals surface area contributed by atoms with Gasteiger partial charge in [0.1, 0.15) is 0 Å². The van der Waals surface area contributed by atoms with Crippen LogP contribution in [0, 0.1) is 0 Å². The molecule has 3 heteroatoms. The summed E-state index contributed by atoms with van der Waals surface area (Å²) in [6, 6.07) is 54.2. The van der Waals surface area contributed by atoms with Gasteiger partial charge in [0.2, 0.25) is 0 Å². The van der Waals surface area contributed by atoms with E-state index >= 15 is 0 Å². The van der Waals surface area contributed by atoms with E-state index in [4.69, 9.17) is 4.98 Å². The van der Waals surface area contributed by atoms with Crippen LogP contribution in [0.25, 0.3) is 77.2 Å². The predicted molar refractivity (Wildman–Crippen MR) is 184 cm³/mol. The van der Waals surface area contributed by atoms with E-state index in [-0.39, 0.29) is 0 Å². The van der Waals surface area contributed by atoms with Crippen molar-refractivity contribution in [1.82, 2.24) is 14.1 Å². The Bertz CT molecular complexity index is 2470. The highest BCUT2D eigenvalue weighted by molar-refractivity contribution is 6.15. The average Bonchev–Trinajstić information content (AvgIpc) is 3.62. The molecular weight excluding hydrogens is 534 g/mol. The molecule has 0 saturated carbocycles. The van der Waals surface area contributed by atoms with E-state index in [0.717, 1.165) is 27.9 Å². The van der Waals surface area contributed by atoms with Crippen molar-refractivity contribution in [2.45, 2.75) is 0 Å². The number of nitrogens with zero attached hydrogens (tertiary/aromatic N) is 3. The Morgan fingerprint density at radius 1 is 0.364 bits per heavy atom. The molecule has 0 aliphatic rings. The highest BCUT2D eigenvalue weighted by Gasteiger charge is 2.18. The van der Waals surface area contributed by atoms with Gasteiger partial charge in [0.15, 0.2) is 0 Å². The van der Waals surface area contributed by atoms with Crippen LogP contribution in [0.5, 0.6) is 0 Å². The van der Waals surface area contributed by atoms with Crippen molar-refractivity contribution in [1.29, 1.82) is 0 Å². The second-order valence-electron chi connectivity index (χ2n) is 11.3. The van der Waals surface area contributed by atoms with E-state index in [1.807, 2.05) is 12.4 Å². The zero-order valence-electron chi connectivity index (χ0n) is 23.9. The van der Waals surface area contributed by atoms with Gasteiger partial charge >= 0.3 is 0 Å². The number of rotatable bonds is 4. The third-order valence-electron chi connectivity index (χ3n) is 8.81. The van der Waals surface area contributed by atoms with E-state index < -0.39 is 0 Å². The molecule has 0 amide bonds. The Labute approximate surface area is 254 Å². The van der Waals surface area contributed by atoms with Crippen molar-refractivity contribution < 1.29 is 0 Å². The first kappa shape index (κ1) is 24.6. The number of para-hydroxylation sites is 3. The molecule has 0 atom stereocenters. The summed E-state index contributed by atoms with van der Waals surface area (Å²) in [7, 11) is 0. The third-order valence-corrected chi connectivity index (χ3v) is 8.81. The Morgan fingerprint density at radius 2 is 0.909 bits per heavy atom. The molecule has 44 heavy (non-hydrogen) atoms. The molecule has 3 heterocycles. The quantitative estimate of drug-likeness (QED) is 0.210. The molecule has 0 radical (unpaired) electrons. The number of hydrogen-bond acceptors (Lipinski definition) is 1. The fourth-order valence-electron chi connectivity index (χ4n) is 6.82. The van der Waals surface area contributed by atoms with Crippen LogP contribution in [0.1, 0.15) is 0 Å². The van der Waals surface area contributed by atoms with E-state index in [2.05, 4.69) is 161 Å². The average molecular weight is 562 g/mol. The normalized spacial score (nSPS) is 11.6. The van der Waals surface area contributed by atoms with Crippen LogP contribution < -0.4 is 0 Å². The number of pyridine rings is 1. The largest absolute Gasteiger partial charge is 0.309 e. The zero-order valence-corrected chi connectivity index (χ0v) is 23.9. The molecule has 0 fully saturated rings. The lowest BCUT2D eigenvalue weighted by Crippen LogP contribution is -1.96. The molecule has 9 rings (SSSR count). The third kappa shape index (κ3) is 3.73. The van der Waals surface area contributed by atoms with Crippen LogP contribution in [0.15, 0.2) is 164 Å². The van der Waals surface area contributed by atoms with Gasteiger partial charge in [0, 0.05) is 50.9 Å². The molecule has 0 bridgehead atoms. The predicted octanol–water partition coefficient (Wildman–Crippen LogP) is 10.6. The topological polar surface area (TPSA) is 22.8 Å². The van der Waals surface area contributed by atoms with Crippen molar-refractivity contribution >= 4 is 43.6 Å². The Kier molecular flexibility index (Phi) is 5.50. The number of fused-ring (bicyclic) bond motifs is 6. The van der Waals surface area contributed by atoms with Crippen LogP contribution in [-0.2, 0) is 0 Å². The van der Waals surface area contributed by atoms with Crippen molar-refractivity contribution in [3.05, 3.63) is 164 Å². The minimum Gasteiger partial charge on any atom is -0.309 e. The van der Waals surface area contributed by atoms with Crippen LogP contribution in [0.4, 0.5) is 0 Å². The van der Waals surface area contributed by atoms with Crippen LogP contribution in [0.3, 0.4) is 0 Å². The number of hydrogen-bond donors (Lipinski definition) is 0. The van der Waals surface area contributed by atoms with E-state index in [1.165, 1.54) is 49.4 Å². The summed E-state index contributed by atoms with van der Waals surface area (Å²) in [6.07, 6.45) is 4.02. The first-order valence-corrected chi connectivity index (χ1v) is 15.0. The van der Waals surface area contributed by atoms with Crippen LogP contribution >= 0.6 is 0 Å². The minimum absolute atomic E-state index is 1.12. The summed E-state index contributed by atoms with van der Waals surface area (Å²) in [5.74, 6) is 0. The van der Waals surface area contributed by atoms with E-state index in [9.17, 15) is 0 Å². The second kappa shape index (κ2) is 9.82. The van der Waals surface area contributed by atoms with Gasteiger partial charge in [-0.05, 0) is 65.2 Å². The molecule has 3 nitrogen and oxygen atoms in total. The summed E-state index contributed by atoms with van der Waals surface area (Å²) >= 11 is 0. The molecule has 3 aromatic heterocycles. The lowest BCUT2D eigenvalue weighted by Gasteiger charge is -2.12. The standard InChI is InChI=1S/C41H27N3/c1-3-11-28(12-4-1)29-19-22-32(23-20-29)43-38-17-9-7-15-33(38)35-25-30(21-24-40(35)43)36-26-42-27-37-34-16-8-10-18-39(34)44(41(36)37)31-13-5-2-6-14-31/h1-27H. The summed E-state index contributed by atoms with van der Waals surface area (Å²) in [5.41, 5.74) is 11.7. The molecular formula is C41H27N3. The molecule has 206 valence electrons. The number of benzene rings is 6. The molecule has 0 saturated heterocycles. The van der Waals surface area contributed by atoms with E-state index in [0.29, 0.717) is 0 Å². The Morgan fingerprint density at radius 3 is 1.66 bits per heavy atom. The molecule has 6 aromatic carbocycles. The van der Waals surface area contributed by atoms with Gasteiger partial charge in [-0.25, -0.2) is 0 Å². The monoisotopic (exact) mass is 561 g/mol. The van der Waals surface area contributed by atoms with Crippen molar-refractivity contribution in [2.24, 2.45) is 0 Å². The highest BCUT2D eigenvalue weighted by atomic mass is 15.0. The second-order valence-corrected chi connectivity index (χ2v) is 11.3. The first-order chi connectivity index (χ1) is 21.8. The molecule has 0 aliphatic heterocycles. The maximum Gasteiger partial charge on any atom is 0.0650 e. The van der Waals surface area contributed by atoms with Gasteiger partial charge in [-0.1, -0.05) is 103 Å². The minimum atomic E-state index is 1.12. The molecule has 0 unspecified atom stereocenters. The highest BCUT2D eigenvalue weighted by Crippen LogP contribution is 2.40. The molecule has 0 N–H and O–H groups in total. The van der Waals surface area contributed by atoms with Gasteiger partial charge in [-0.3, -0.25) is 4.98 Å². The fraction of sp³-hybridized carbons (Fsp3) is 0. The smallest absolute Gasteiger partial charge is 0.0650 e. The zero-order chi connectivity index (χ0) is 29.0. The lowest BCUT2D eigenvalue weighted by molar-refractivity contribution is 1.17. The van der Waals surface area contributed by atoms with Crippen molar-refractivity contribution in [3.63, 3.8) is 0 Å². The maximum atomic E-state index is 4.76. The summed E-state index contributed by atoms with van der Waals surface area (Å²) in [4.78, 5) is 4.76. The van der Waals surface area contributed by atoms with Gasteiger partial charge in [0.05, 0.1) is 22.1 Å². The summed E-state index contributed by atoms with van der Waals surface area (Å²) in [6.45, 7) is 0. The summed E-state index contributed by atoms with van der Waals surface area (Å²) < 4.78 is 4.76. The Balaban J connectivity index is 1.27. The SMILES string of the molecule is c1ccc(-c2ccc(-n3c4ccccc4c4cc(-c5cncc6c7ccccc7n(-c7ccccc7)c56)ccc43)cc2)cc1. The Hall–Kier alpha value is -5.93. The summed E-state index contributed by atoms with van der Waals surface area (Å²) in [5, 5.41) is 4.82. The molecule has 0 aliphatic carbocycles. The van der Waals surface area contributed by atoms with Crippen LogP contribution in [0.2, 0.25) is 0 Å².